The van der Waals surface area contributed by atoms with Gasteiger partial charge >= 0.3 is 5.97 Å². The molecule has 3 rings (SSSR count). The van der Waals surface area contributed by atoms with Crippen molar-refractivity contribution >= 4 is 11.8 Å². The van der Waals surface area contributed by atoms with E-state index >= 15 is 0 Å². The maximum absolute atomic E-state index is 12.6. The molecule has 0 aliphatic carbocycles. The lowest BCUT2D eigenvalue weighted by molar-refractivity contribution is -0.138. The van der Waals surface area contributed by atoms with Crippen LogP contribution in [0.3, 0.4) is 0 Å². The summed E-state index contributed by atoms with van der Waals surface area (Å²) in [6.45, 7) is 2.38. The van der Waals surface area contributed by atoms with Crippen LogP contribution < -0.4 is 11.5 Å². The standard InChI is InChI=1S/C19H21NO3.C6H8N2/c1-13(11-17(20)19(22)23)12-18(21)16-10-6-5-9-15(16)14-7-3-2-4-8-14;7-5-6-3-1-2-4-8-6/h2-10,13,17H,11-12,20H2,1H3,(H,22,23);1-4H,5,7H2. The quantitative estimate of drug-likeness (QED) is 0.476. The molecule has 0 bridgehead atoms. The van der Waals surface area contributed by atoms with Gasteiger partial charge in [0.2, 0.25) is 0 Å². The molecule has 0 saturated heterocycles. The van der Waals surface area contributed by atoms with Gasteiger partial charge in [-0.25, -0.2) is 0 Å². The third-order valence-electron chi connectivity index (χ3n) is 4.75. The molecule has 0 radical (unpaired) electrons. The van der Waals surface area contributed by atoms with Crippen LogP contribution >= 0.6 is 0 Å². The average molecular weight is 420 g/mol. The summed E-state index contributed by atoms with van der Waals surface area (Å²) in [5.41, 5.74) is 14.3. The summed E-state index contributed by atoms with van der Waals surface area (Å²) in [5.74, 6) is -1.11. The third kappa shape index (κ3) is 7.77. The Morgan fingerprint density at radius 1 is 0.968 bits per heavy atom. The zero-order valence-electron chi connectivity index (χ0n) is 17.6. The number of aliphatic carboxylic acids is 1. The molecule has 0 spiro atoms. The fourth-order valence-electron chi connectivity index (χ4n) is 3.16. The number of aromatic nitrogens is 1. The van der Waals surface area contributed by atoms with Gasteiger partial charge in [0.1, 0.15) is 6.04 Å². The number of carboxylic acid groups (broad SMARTS) is 1. The predicted molar refractivity (Wildman–Crippen MR) is 122 cm³/mol. The van der Waals surface area contributed by atoms with Crippen LogP contribution in [0.5, 0.6) is 0 Å². The number of hydrogen-bond acceptors (Lipinski definition) is 5. The Hall–Kier alpha value is -3.35. The molecule has 0 saturated carbocycles. The van der Waals surface area contributed by atoms with Crippen molar-refractivity contribution in [3.05, 3.63) is 90.3 Å². The first-order valence-corrected chi connectivity index (χ1v) is 10.2. The number of nitrogens with zero attached hydrogens (tertiary/aromatic N) is 1. The largest absolute Gasteiger partial charge is 0.480 e. The predicted octanol–water partition coefficient (Wildman–Crippen LogP) is 3.90. The Bertz CT molecular complexity index is 962. The second kappa shape index (κ2) is 12.4. The van der Waals surface area contributed by atoms with E-state index in [0.717, 1.165) is 16.8 Å². The number of rotatable bonds is 8. The molecule has 5 N–H and O–H groups in total. The molecule has 31 heavy (non-hydrogen) atoms. The smallest absolute Gasteiger partial charge is 0.320 e. The molecule has 2 unspecified atom stereocenters. The van der Waals surface area contributed by atoms with Gasteiger partial charge in [0, 0.05) is 24.7 Å². The van der Waals surface area contributed by atoms with E-state index in [2.05, 4.69) is 4.98 Å². The monoisotopic (exact) mass is 419 g/mol. The number of carbonyl (C=O) groups is 2. The molecule has 0 aliphatic heterocycles. The van der Waals surface area contributed by atoms with Crippen LogP contribution in [0.15, 0.2) is 79.0 Å². The summed E-state index contributed by atoms with van der Waals surface area (Å²) in [7, 11) is 0. The van der Waals surface area contributed by atoms with Crippen molar-refractivity contribution in [1.29, 1.82) is 0 Å². The SMILES string of the molecule is CC(CC(=O)c1ccccc1-c1ccccc1)CC(N)C(=O)O.NCc1ccccn1. The average Bonchev–Trinajstić information content (AvgIpc) is 2.80. The fourth-order valence-corrected chi connectivity index (χ4v) is 3.16. The number of Topliss-reactive ketones (excluding diaryl/α,β-unsaturated/α-hetero) is 1. The van der Waals surface area contributed by atoms with E-state index in [0.29, 0.717) is 12.1 Å². The number of pyridine rings is 1. The molecule has 6 heteroatoms. The molecular formula is C25H29N3O3. The minimum atomic E-state index is -1.03. The van der Waals surface area contributed by atoms with Gasteiger partial charge in [0.25, 0.3) is 0 Å². The second-order valence-electron chi connectivity index (χ2n) is 7.35. The molecule has 1 aromatic heterocycles. The summed E-state index contributed by atoms with van der Waals surface area (Å²) in [6.07, 6.45) is 2.31. The van der Waals surface area contributed by atoms with Crippen LogP contribution in [0, 0.1) is 5.92 Å². The molecular weight excluding hydrogens is 390 g/mol. The second-order valence-corrected chi connectivity index (χ2v) is 7.35. The fraction of sp³-hybridized carbons (Fsp3) is 0.240. The van der Waals surface area contributed by atoms with E-state index in [1.165, 1.54) is 0 Å². The van der Waals surface area contributed by atoms with Gasteiger partial charge in [-0.05, 0) is 35.6 Å². The van der Waals surface area contributed by atoms with E-state index in [4.69, 9.17) is 16.6 Å². The van der Waals surface area contributed by atoms with Gasteiger partial charge in [-0.15, -0.1) is 0 Å². The zero-order chi connectivity index (χ0) is 22.6. The van der Waals surface area contributed by atoms with Crippen molar-refractivity contribution in [1.82, 2.24) is 4.98 Å². The van der Waals surface area contributed by atoms with Crippen molar-refractivity contribution in [2.75, 3.05) is 0 Å². The number of hydrogen-bond donors (Lipinski definition) is 3. The van der Waals surface area contributed by atoms with Gasteiger partial charge in [0.15, 0.2) is 5.78 Å². The summed E-state index contributed by atoms with van der Waals surface area (Å²) < 4.78 is 0. The van der Waals surface area contributed by atoms with E-state index in [1.54, 1.807) is 6.20 Å². The van der Waals surface area contributed by atoms with Crippen LogP contribution in [-0.2, 0) is 11.3 Å². The van der Waals surface area contributed by atoms with Gasteiger partial charge in [-0.3, -0.25) is 14.6 Å². The summed E-state index contributed by atoms with van der Waals surface area (Å²) >= 11 is 0. The van der Waals surface area contributed by atoms with Crippen molar-refractivity contribution in [2.45, 2.75) is 32.4 Å². The van der Waals surface area contributed by atoms with Crippen molar-refractivity contribution < 1.29 is 14.7 Å². The van der Waals surface area contributed by atoms with Crippen molar-refractivity contribution in [3.63, 3.8) is 0 Å². The topological polar surface area (TPSA) is 119 Å². The van der Waals surface area contributed by atoms with E-state index in [-0.39, 0.29) is 24.5 Å². The van der Waals surface area contributed by atoms with Crippen LogP contribution in [0.4, 0.5) is 0 Å². The molecule has 6 nitrogen and oxygen atoms in total. The maximum atomic E-state index is 12.6. The molecule has 162 valence electrons. The summed E-state index contributed by atoms with van der Waals surface area (Å²) in [6, 6.07) is 22.0. The molecule has 1 heterocycles. The normalized spacial score (nSPS) is 12.2. The molecule has 0 fully saturated rings. The molecule has 0 amide bonds. The Kier molecular flexibility index (Phi) is 9.55. The zero-order valence-corrected chi connectivity index (χ0v) is 17.6. The highest BCUT2D eigenvalue weighted by Crippen LogP contribution is 2.26. The first-order chi connectivity index (χ1) is 14.9. The minimum Gasteiger partial charge on any atom is -0.480 e. The van der Waals surface area contributed by atoms with Crippen LogP contribution in [0.2, 0.25) is 0 Å². The highest BCUT2D eigenvalue weighted by molar-refractivity contribution is 6.02. The van der Waals surface area contributed by atoms with E-state index < -0.39 is 12.0 Å². The lowest BCUT2D eigenvalue weighted by atomic mass is 9.90. The van der Waals surface area contributed by atoms with Gasteiger partial charge in [-0.2, -0.15) is 0 Å². The Balaban J connectivity index is 0.000000357. The van der Waals surface area contributed by atoms with E-state index in [1.807, 2.05) is 79.7 Å². The number of carboxylic acids is 1. The van der Waals surface area contributed by atoms with E-state index in [9.17, 15) is 9.59 Å². The molecule has 3 aromatic rings. The Morgan fingerprint density at radius 2 is 1.61 bits per heavy atom. The lowest BCUT2D eigenvalue weighted by Crippen LogP contribution is -2.32. The molecule has 0 aliphatic rings. The van der Waals surface area contributed by atoms with Crippen molar-refractivity contribution in [3.8, 4) is 11.1 Å². The number of nitrogens with two attached hydrogens (primary N) is 2. The summed E-state index contributed by atoms with van der Waals surface area (Å²) in [4.78, 5) is 27.4. The van der Waals surface area contributed by atoms with Crippen molar-refractivity contribution in [2.24, 2.45) is 17.4 Å². The van der Waals surface area contributed by atoms with Gasteiger partial charge in [-0.1, -0.05) is 67.6 Å². The number of carbonyl (C=O) groups excluding carboxylic acids is 1. The number of ketones is 1. The van der Waals surface area contributed by atoms with Gasteiger partial charge in [0.05, 0.1) is 5.69 Å². The molecule has 2 aromatic carbocycles. The number of benzene rings is 2. The Morgan fingerprint density at radius 3 is 2.19 bits per heavy atom. The summed E-state index contributed by atoms with van der Waals surface area (Å²) in [5, 5.41) is 8.86. The molecule has 2 atom stereocenters. The first-order valence-electron chi connectivity index (χ1n) is 10.2. The maximum Gasteiger partial charge on any atom is 0.320 e. The van der Waals surface area contributed by atoms with Gasteiger partial charge < -0.3 is 16.6 Å². The van der Waals surface area contributed by atoms with Crippen LogP contribution in [0.25, 0.3) is 11.1 Å². The highest BCUT2D eigenvalue weighted by atomic mass is 16.4. The van der Waals surface area contributed by atoms with Crippen LogP contribution in [-0.4, -0.2) is 27.9 Å². The minimum absolute atomic E-state index is 0.00884. The first kappa shape index (κ1) is 23.9. The Labute approximate surface area is 182 Å². The van der Waals surface area contributed by atoms with Crippen LogP contribution in [0.1, 0.15) is 35.8 Å². The highest BCUT2D eigenvalue weighted by Gasteiger charge is 2.20. The lowest BCUT2D eigenvalue weighted by Gasteiger charge is -2.15. The third-order valence-corrected chi connectivity index (χ3v) is 4.75.